The number of nitrogens with zero attached hydrogens (tertiary/aromatic N) is 1. The van der Waals surface area contributed by atoms with Gasteiger partial charge in [0.25, 0.3) is 0 Å². The predicted molar refractivity (Wildman–Crippen MR) is 122 cm³/mol. The highest BCUT2D eigenvalue weighted by Crippen LogP contribution is 2.22. The minimum absolute atomic E-state index is 0.106. The first-order valence-corrected chi connectivity index (χ1v) is 12.8. The lowest BCUT2D eigenvalue weighted by Crippen LogP contribution is -2.26. The van der Waals surface area contributed by atoms with E-state index in [0.29, 0.717) is 29.3 Å². The van der Waals surface area contributed by atoms with Crippen LogP contribution < -0.4 is 9.60 Å². The molecule has 0 saturated carbocycles. The summed E-state index contributed by atoms with van der Waals surface area (Å²) in [7, 11) is -3.64. The number of rotatable bonds is 9. The Labute approximate surface area is 182 Å². The van der Waals surface area contributed by atoms with Crippen molar-refractivity contribution < 1.29 is 12.8 Å². The predicted octanol–water partition coefficient (Wildman–Crippen LogP) is 3.92. The monoisotopic (exact) mass is 460 g/mol. The summed E-state index contributed by atoms with van der Waals surface area (Å²) in [5, 5.41) is 0. The SMILES string of the molecule is O=c1sc2cc(S(=O)(=O)NCCSCc3ccco3)ccc2n1Cc1ccccc1. The standard InChI is InChI=1S/C21H20N2O4S3/c24-21-23(14-16-5-2-1-3-6-16)19-9-8-18(13-20(19)29-21)30(25,26)22-10-12-28-15-17-7-4-11-27-17/h1-9,11,13,22H,10,12,14-15H2. The lowest BCUT2D eigenvalue weighted by Gasteiger charge is -2.08. The third kappa shape index (κ3) is 4.86. The Morgan fingerprint density at radius 3 is 2.67 bits per heavy atom. The Kier molecular flexibility index (Phi) is 6.43. The van der Waals surface area contributed by atoms with Crippen molar-refractivity contribution in [3.8, 4) is 0 Å². The smallest absolute Gasteiger partial charge is 0.308 e. The fraction of sp³-hybridized carbons (Fsp3) is 0.190. The Morgan fingerprint density at radius 2 is 1.90 bits per heavy atom. The molecular formula is C21H20N2O4S3. The van der Waals surface area contributed by atoms with E-state index in [1.165, 1.54) is 0 Å². The fourth-order valence-electron chi connectivity index (χ4n) is 3.03. The number of hydrogen-bond donors (Lipinski definition) is 1. The summed E-state index contributed by atoms with van der Waals surface area (Å²) in [6.07, 6.45) is 1.62. The van der Waals surface area contributed by atoms with Crippen LogP contribution in [0.4, 0.5) is 0 Å². The van der Waals surface area contributed by atoms with Crippen LogP contribution in [0.5, 0.6) is 0 Å². The Morgan fingerprint density at radius 1 is 1.07 bits per heavy atom. The Hall–Kier alpha value is -2.33. The van der Waals surface area contributed by atoms with Gasteiger partial charge in [0.05, 0.1) is 33.7 Å². The highest BCUT2D eigenvalue weighted by atomic mass is 32.2. The van der Waals surface area contributed by atoms with Crippen molar-refractivity contribution in [2.24, 2.45) is 0 Å². The molecule has 0 atom stereocenters. The van der Waals surface area contributed by atoms with Crippen molar-refractivity contribution in [3.05, 3.63) is 87.9 Å². The van der Waals surface area contributed by atoms with E-state index < -0.39 is 10.0 Å². The van der Waals surface area contributed by atoms with Gasteiger partial charge in [-0.25, -0.2) is 13.1 Å². The number of furan rings is 1. The van der Waals surface area contributed by atoms with E-state index in [2.05, 4.69) is 4.72 Å². The summed E-state index contributed by atoms with van der Waals surface area (Å²) >= 11 is 2.65. The number of thiazole rings is 1. The minimum Gasteiger partial charge on any atom is -0.468 e. The molecule has 0 unspecified atom stereocenters. The normalized spacial score (nSPS) is 11.9. The zero-order valence-electron chi connectivity index (χ0n) is 16.0. The maximum atomic E-state index is 12.6. The molecule has 2 heterocycles. The van der Waals surface area contributed by atoms with Crippen molar-refractivity contribution in [3.63, 3.8) is 0 Å². The largest absolute Gasteiger partial charge is 0.468 e. The second kappa shape index (κ2) is 9.22. The second-order valence-electron chi connectivity index (χ2n) is 6.60. The molecule has 0 aliphatic heterocycles. The highest BCUT2D eigenvalue weighted by molar-refractivity contribution is 7.98. The first kappa shape index (κ1) is 20.9. The van der Waals surface area contributed by atoms with Crippen molar-refractivity contribution in [2.45, 2.75) is 17.2 Å². The van der Waals surface area contributed by atoms with E-state index in [0.717, 1.165) is 28.2 Å². The molecule has 0 aliphatic carbocycles. The molecule has 0 aliphatic rings. The Balaban J connectivity index is 1.44. The van der Waals surface area contributed by atoms with Crippen LogP contribution in [-0.2, 0) is 22.3 Å². The van der Waals surface area contributed by atoms with Crippen LogP contribution in [0, 0.1) is 0 Å². The number of aromatic nitrogens is 1. The molecule has 0 radical (unpaired) electrons. The number of hydrogen-bond acceptors (Lipinski definition) is 6. The molecule has 0 saturated heterocycles. The average Bonchev–Trinajstić information content (AvgIpc) is 3.36. The average molecular weight is 461 g/mol. The van der Waals surface area contributed by atoms with Crippen LogP contribution in [0.3, 0.4) is 0 Å². The molecule has 0 spiro atoms. The van der Waals surface area contributed by atoms with Gasteiger partial charge in [0.1, 0.15) is 5.76 Å². The maximum absolute atomic E-state index is 12.6. The second-order valence-corrected chi connectivity index (χ2v) is 10.5. The molecule has 156 valence electrons. The molecule has 2 aromatic carbocycles. The van der Waals surface area contributed by atoms with Gasteiger partial charge < -0.3 is 4.42 Å². The number of thioether (sulfide) groups is 1. The van der Waals surface area contributed by atoms with Crippen molar-refractivity contribution in [1.82, 2.24) is 9.29 Å². The first-order chi connectivity index (χ1) is 14.5. The lowest BCUT2D eigenvalue weighted by atomic mass is 10.2. The third-order valence-corrected chi connectivity index (χ3v) is 7.88. The lowest BCUT2D eigenvalue weighted by molar-refractivity contribution is 0.530. The summed E-state index contributed by atoms with van der Waals surface area (Å²) in [5.41, 5.74) is 1.76. The van der Waals surface area contributed by atoms with Crippen molar-refractivity contribution in [2.75, 3.05) is 12.3 Å². The third-order valence-electron chi connectivity index (χ3n) is 4.50. The van der Waals surface area contributed by atoms with Crippen LogP contribution in [0.25, 0.3) is 10.2 Å². The fourth-order valence-corrected chi connectivity index (χ4v) is 5.98. The number of sulfonamides is 1. The van der Waals surface area contributed by atoms with E-state index >= 15 is 0 Å². The topological polar surface area (TPSA) is 81.3 Å². The number of nitrogens with one attached hydrogen (secondary N) is 1. The molecule has 4 rings (SSSR count). The van der Waals surface area contributed by atoms with Gasteiger partial charge in [0, 0.05) is 12.3 Å². The van der Waals surface area contributed by atoms with Gasteiger partial charge in [0.15, 0.2) is 0 Å². The van der Waals surface area contributed by atoms with Crippen LogP contribution in [0.1, 0.15) is 11.3 Å². The van der Waals surface area contributed by atoms with Crippen LogP contribution in [0.2, 0.25) is 0 Å². The van der Waals surface area contributed by atoms with E-state index in [1.807, 2.05) is 42.5 Å². The summed E-state index contributed by atoms with van der Waals surface area (Å²) in [4.78, 5) is 12.5. The van der Waals surface area contributed by atoms with E-state index in [9.17, 15) is 13.2 Å². The molecule has 2 aromatic heterocycles. The van der Waals surface area contributed by atoms with Crippen molar-refractivity contribution in [1.29, 1.82) is 0 Å². The van der Waals surface area contributed by atoms with Gasteiger partial charge in [-0.2, -0.15) is 11.8 Å². The van der Waals surface area contributed by atoms with Gasteiger partial charge >= 0.3 is 4.87 Å². The molecule has 0 amide bonds. The minimum atomic E-state index is -3.64. The molecule has 1 N–H and O–H groups in total. The molecule has 0 bridgehead atoms. The van der Waals surface area contributed by atoms with E-state index in [1.54, 1.807) is 40.8 Å². The number of fused-ring (bicyclic) bond motifs is 1. The van der Waals surface area contributed by atoms with Gasteiger partial charge in [-0.3, -0.25) is 9.36 Å². The maximum Gasteiger partial charge on any atom is 0.308 e. The van der Waals surface area contributed by atoms with Gasteiger partial charge in [-0.1, -0.05) is 41.7 Å². The number of benzene rings is 2. The first-order valence-electron chi connectivity index (χ1n) is 9.30. The highest BCUT2D eigenvalue weighted by Gasteiger charge is 2.16. The molecular weight excluding hydrogens is 440 g/mol. The Bertz CT molecular complexity index is 1280. The van der Waals surface area contributed by atoms with Gasteiger partial charge in [0.2, 0.25) is 10.0 Å². The zero-order chi connectivity index (χ0) is 21.0. The van der Waals surface area contributed by atoms with Crippen LogP contribution >= 0.6 is 23.1 Å². The summed E-state index contributed by atoms with van der Waals surface area (Å²) in [6, 6.07) is 18.3. The van der Waals surface area contributed by atoms with Crippen LogP contribution in [0.15, 0.2) is 81.0 Å². The van der Waals surface area contributed by atoms with Gasteiger partial charge in [-0.15, -0.1) is 0 Å². The quantitative estimate of drug-likeness (QED) is 0.383. The summed E-state index contributed by atoms with van der Waals surface area (Å²) < 4.78 is 35.5. The molecule has 30 heavy (non-hydrogen) atoms. The van der Waals surface area contributed by atoms with Crippen LogP contribution in [-0.4, -0.2) is 25.3 Å². The molecule has 0 fully saturated rings. The van der Waals surface area contributed by atoms with E-state index in [-0.39, 0.29) is 9.77 Å². The molecule has 4 aromatic rings. The van der Waals surface area contributed by atoms with Crippen molar-refractivity contribution >= 4 is 43.3 Å². The molecule has 9 heteroatoms. The summed E-state index contributed by atoms with van der Waals surface area (Å²) in [5.74, 6) is 2.19. The van der Waals surface area contributed by atoms with Gasteiger partial charge in [-0.05, 0) is 35.9 Å². The summed E-state index contributed by atoms with van der Waals surface area (Å²) in [6.45, 7) is 0.772. The zero-order valence-corrected chi connectivity index (χ0v) is 18.4. The molecule has 6 nitrogen and oxygen atoms in total. The van der Waals surface area contributed by atoms with E-state index in [4.69, 9.17) is 4.42 Å².